The van der Waals surface area contributed by atoms with E-state index in [4.69, 9.17) is 16.2 Å². The number of amidine groups is 1. The summed E-state index contributed by atoms with van der Waals surface area (Å²) in [4.78, 5) is 6.48. The number of rotatable bonds is 7. The van der Waals surface area contributed by atoms with Crippen molar-refractivity contribution in [2.24, 2.45) is 5.73 Å². The summed E-state index contributed by atoms with van der Waals surface area (Å²) in [5.41, 5.74) is 7.02. The number of nitrogens with one attached hydrogen (secondary N) is 1. The molecule has 1 heterocycles. The van der Waals surface area contributed by atoms with Crippen LogP contribution in [0.1, 0.15) is 31.0 Å². The van der Waals surface area contributed by atoms with E-state index in [0.29, 0.717) is 12.1 Å². The minimum atomic E-state index is 0.0428. The van der Waals surface area contributed by atoms with Crippen LogP contribution in [-0.4, -0.2) is 35.6 Å². The topological polar surface area (TPSA) is 86.2 Å². The van der Waals surface area contributed by atoms with Crippen molar-refractivity contribution in [2.75, 3.05) is 24.6 Å². The number of pyridine rings is 1. The number of nitrogens with two attached hydrogens (primary N) is 1. The first-order valence-electron chi connectivity index (χ1n) is 6.27. The van der Waals surface area contributed by atoms with Gasteiger partial charge in [0.1, 0.15) is 11.7 Å². The van der Waals surface area contributed by atoms with Gasteiger partial charge in [-0.2, -0.15) is 0 Å². The fourth-order valence-electron chi connectivity index (χ4n) is 1.78. The van der Waals surface area contributed by atoms with Gasteiger partial charge in [-0.05, 0) is 25.5 Å². The third-order valence-electron chi connectivity index (χ3n) is 2.73. The molecule has 0 aliphatic heterocycles. The summed E-state index contributed by atoms with van der Waals surface area (Å²) in [6, 6.07) is 3.60. The molecule has 0 aromatic carbocycles. The maximum Gasteiger partial charge on any atom is 0.129 e. The predicted octanol–water partition coefficient (Wildman–Crippen LogP) is 1.27. The molecule has 18 heavy (non-hydrogen) atoms. The molecule has 0 amide bonds. The van der Waals surface area contributed by atoms with Gasteiger partial charge in [0.25, 0.3) is 0 Å². The number of hydrogen-bond donors (Lipinski definition) is 3. The summed E-state index contributed by atoms with van der Waals surface area (Å²) >= 11 is 0. The lowest BCUT2D eigenvalue weighted by atomic mass is 10.2. The zero-order chi connectivity index (χ0) is 13.5. The Labute approximate surface area is 108 Å². The first-order valence-corrected chi connectivity index (χ1v) is 6.27. The zero-order valence-electron chi connectivity index (χ0n) is 11.1. The Hall–Kier alpha value is -1.62. The van der Waals surface area contributed by atoms with Crippen LogP contribution in [0.5, 0.6) is 0 Å². The first kappa shape index (κ1) is 14.4. The molecule has 4 N–H and O–H groups in total. The van der Waals surface area contributed by atoms with E-state index in [9.17, 15) is 0 Å². The second kappa shape index (κ2) is 6.96. The number of unbranched alkanes of at least 4 members (excludes halogenated alkanes) is 1. The molecule has 0 fully saturated rings. The molecule has 0 aliphatic rings. The molecule has 1 aromatic rings. The van der Waals surface area contributed by atoms with Crippen molar-refractivity contribution < 1.29 is 5.11 Å². The van der Waals surface area contributed by atoms with E-state index >= 15 is 0 Å². The molecule has 0 bridgehead atoms. The molecule has 5 heteroatoms. The minimum absolute atomic E-state index is 0.0428. The van der Waals surface area contributed by atoms with Gasteiger partial charge in [0, 0.05) is 24.3 Å². The van der Waals surface area contributed by atoms with E-state index in [1.807, 2.05) is 11.8 Å². The van der Waals surface area contributed by atoms with Crippen LogP contribution in [0.25, 0.3) is 0 Å². The van der Waals surface area contributed by atoms with E-state index in [1.165, 1.54) is 0 Å². The van der Waals surface area contributed by atoms with Gasteiger partial charge in [-0.15, -0.1) is 0 Å². The smallest absolute Gasteiger partial charge is 0.129 e. The Balaban J connectivity index is 2.98. The van der Waals surface area contributed by atoms with Crippen molar-refractivity contribution in [3.8, 4) is 0 Å². The molecular formula is C13H22N4O. The lowest BCUT2D eigenvalue weighted by Crippen LogP contribution is -2.29. The van der Waals surface area contributed by atoms with E-state index in [0.717, 1.165) is 30.9 Å². The van der Waals surface area contributed by atoms with Crippen LogP contribution in [0.4, 0.5) is 5.82 Å². The Morgan fingerprint density at radius 1 is 1.44 bits per heavy atom. The second-order valence-electron chi connectivity index (χ2n) is 4.33. The molecule has 0 saturated carbocycles. The van der Waals surface area contributed by atoms with Crippen molar-refractivity contribution in [1.29, 1.82) is 5.41 Å². The number of aliphatic hydroxyl groups is 1. The van der Waals surface area contributed by atoms with Crippen LogP contribution in [0, 0.1) is 12.3 Å². The van der Waals surface area contributed by atoms with Gasteiger partial charge in [0.2, 0.25) is 0 Å². The molecule has 0 radical (unpaired) electrons. The van der Waals surface area contributed by atoms with E-state index in [1.54, 1.807) is 12.1 Å². The summed E-state index contributed by atoms with van der Waals surface area (Å²) < 4.78 is 0. The van der Waals surface area contributed by atoms with Gasteiger partial charge in [-0.1, -0.05) is 13.3 Å². The van der Waals surface area contributed by atoms with Crippen LogP contribution in [0.2, 0.25) is 0 Å². The largest absolute Gasteiger partial charge is 0.395 e. The maximum absolute atomic E-state index is 9.11. The van der Waals surface area contributed by atoms with Gasteiger partial charge in [-0.3, -0.25) is 5.41 Å². The monoisotopic (exact) mass is 250 g/mol. The SMILES string of the molecule is CCCCN(CCO)c1cc(C(=N)N)cc(C)n1. The Morgan fingerprint density at radius 2 is 2.17 bits per heavy atom. The van der Waals surface area contributed by atoms with Crippen LogP contribution < -0.4 is 10.6 Å². The molecule has 1 aromatic heterocycles. The average Bonchev–Trinajstić information content (AvgIpc) is 2.33. The molecule has 0 aliphatic carbocycles. The Kier molecular flexibility index (Phi) is 5.58. The molecule has 0 spiro atoms. The quantitative estimate of drug-likeness (QED) is 0.502. The highest BCUT2D eigenvalue weighted by Crippen LogP contribution is 2.15. The van der Waals surface area contributed by atoms with Crippen LogP contribution in [0.15, 0.2) is 12.1 Å². The standard InChI is InChI=1S/C13H22N4O/c1-3-4-5-17(6-7-18)12-9-11(13(14)15)8-10(2)16-12/h8-9,18H,3-7H2,1-2H3,(H3,14,15). The molecule has 0 saturated heterocycles. The summed E-state index contributed by atoms with van der Waals surface area (Å²) in [5.74, 6) is 0.823. The molecule has 100 valence electrons. The third kappa shape index (κ3) is 4.00. The highest BCUT2D eigenvalue weighted by Gasteiger charge is 2.10. The van der Waals surface area contributed by atoms with Crippen molar-refractivity contribution in [3.05, 3.63) is 23.4 Å². The molecule has 1 rings (SSSR count). The minimum Gasteiger partial charge on any atom is -0.395 e. The Bertz CT molecular complexity index is 406. The molecular weight excluding hydrogens is 228 g/mol. The summed E-state index contributed by atoms with van der Waals surface area (Å²) in [7, 11) is 0. The number of hydrogen-bond acceptors (Lipinski definition) is 4. The van der Waals surface area contributed by atoms with E-state index in [2.05, 4.69) is 11.9 Å². The number of anilines is 1. The highest BCUT2D eigenvalue weighted by atomic mass is 16.3. The van der Waals surface area contributed by atoms with Crippen molar-refractivity contribution in [3.63, 3.8) is 0 Å². The van der Waals surface area contributed by atoms with Gasteiger partial charge in [0.05, 0.1) is 6.61 Å². The van der Waals surface area contributed by atoms with Crippen LogP contribution in [-0.2, 0) is 0 Å². The maximum atomic E-state index is 9.11. The molecule has 0 atom stereocenters. The highest BCUT2D eigenvalue weighted by molar-refractivity contribution is 5.95. The van der Waals surface area contributed by atoms with E-state index < -0.39 is 0 Å². The fraction of sp³-hybridized carbons (Fsp3) is 0.538. The normalized spacial score (nSPS) is 10.4. The van der Waals surface area contributed by atoms with Crippen LogP contribution in [0.3, 0.4) is 0 Å². The van der Waals surface area contributed by atoms with Crippen LogP contribution >= 0.6 is 0 Å². The van der Waals surface area contributed by atoms with Gasteiger partial charge >= 0.3 is 0 Å². The summed E-state index contributed by atoms with van der Waals surface area (Å²) in [6.45, 7) is 5.50. The number of nitrogen functional groups attached to an aromatic ring is 1. The van der Waals surface area contributed by atoms with Gasteiger partial charge in [0.15, 0.2) is 0 Å². The number of aliphatic hydroxyl groups excluding tert-OH is 1. The summed E-state index contributed by atoms with van der Waals surface area (Å²) in [6.07, 6.45) is 2.14. The summed E-state index contributed by atoms with van der Waals surface area (Å²) in [5, 5.41) is 16.6. The third-order valence-corrected chi connectivity index (χ3v) is 2.73. The average molecular weight is 250 g/mol. The molecule has 0 unspecified atom stereocenters. The van der Waals surface area contributed by atoms with Gasteiger partial charge < -0.3 is 15.7 Å². The lowest BCUT2D eigenvalue weighted by molar-refractivity contribution is 0.301. The second-order valence-corrected chi connectivity index (χ2v) is 4.33. The number of aromatic nitrogens is 1. The first-order chi connectivity index (χ1) is 8.58. The predicted molar refractivity (Wildman–Crippen MR) is 74.2 cm³/mol. The zero-order valence-corrected chi connectivity index (χ0v) is 11.1. The molecule has 5 nitrogen and oxygen atoms in total. The van der Waals surface area contributed by atoms with Crippen molar-refractivity contribution >= 4 is 11.7 Å². The van der Waals surface area contributed by atoms with E-state index in [-0.39, 0.29) is 12.4 Å². The van der Waals surface area contributed by atoms with Gasteiger partial charge in [-0.25, -0.2) is 4.98 Å². The van der Waals surface area contributed by atoms with Crippen molar-refractivity contribution in [1.82, 2.24) is 4.98 Å². The lowest BCUT2D eigenvalue weighted by Gasteiger charge is -2.23. The van der Waals surface area contributed by atoms with Crippen molar-refractivity contribution in [2.45, 2.75) is 26.7 Å². The number of aryl methyl sites for hydroxylation is 1. The Morgan fingerprint density at radius 3 is 2.72 bits per heavy atom. The number of nitrogens with zero attached hydrogens (tertiary/aromatic N) is 2. The fourth-order valence-corrected chi connectivity index (χ4v) is 1.78.